The first-order chi connectivity index (χ1) is 17.4. The molecule has 1 fully saturated rings. The van der Waals surface area contributed by atoms with Gasteiger partial charge in [0.25, 0.3) is 0 Å². The van der Waals surface area contributed by atoms with Gasteiger partial charge in [0.05, 0.1) is 16.7 Å². The zero-order chi connectivity index (χ0) is 25.5. The Morgan fingerprint density at radius 2 is 1.08 bits per heavy atom. The van der Waals surface area contributed by atoms with Crippen molar-refractivity contribution in [3.05, 3.63) is 108 Å². The summed E-state index contributed by atoms with van der Waals surface area (Å²) < 4.78 is 21.6. The van der Waals surface area contributed by atoms with Crippen LogP contribution in [-0.4, -0.2) is 65.4 Å². The number of hydrogen-bond acceptors (Lipinski definition) is 9. The molecule has 2 N–H and O–H groups in total. The molecule has 1 aliphatic heterocycles. The Kier molecular flexibility index (Phi) is 8.06. The van der Waals surface area contributed by atoms with E-state index in [0.29, 0.717) is 0 Å². The predicted molar refractivity (Wildman–Crippen MR) is 125 cm³/mol. The van der Waals surface area contributed by atoms with E-state index in [-0.39, 0.29) is 16.7 Å². The van der Waals surface area contributed by atoms with Gasteiger partial charge in [0.2, 0.25) is 6.29 Å². The second-order valence-corrected chi connectivity index (χ2v) is 8.00. The summed E-state index contributed by atoms with van der Waals surface area (Å²) in [5, 5.41) is 21.7. The molecular formula is C27H24O9. The highest BCUT2D eigenvalue weighted by molar-refractivity contribution is 5.90. The Bertz CT molecular complexity index is 1170. The van der Waals surface area contributed by atoms with Crippen LogP contribution < -0.4 is 0 Å². The van der Waals surface area contributed by atoms with E-state index in [2.05, 4.69) is 0 Å². The second kappa shape index (κ2) is 11.6. The van der Waals surface area contributed by atoms with Gasteiger partial charge in [-0.2, -0.15) is 0 Å². The summed E-state index contributed by atoms with van der Waals surface area (Å²) >= 11 is 0. The van der Waals surface area contributed by atoms with Crippen molar-refractivity contribution in [3.8, 4) is 0 Å². The molecule has 0 bridgehead atoms. The summed E-state index contributed by atoms with van der Waals surface area (Å²) in [5.41, 5.74) is 0.666. The molecule has 4 rings (SSSR count). The van der Waals surface area contributed by atoms with Gasteiger partial charge in [-0.1, -0.05) is 54.6 Å². The van der Waals surface area contributed by atoms with Gasteiger partial charge < -0.3 is 29.2 Å². The lowest BCUT2D eigenvalue weighted by Gasteiger charge is -2.41. The van der Waals surface area contributed by atoms with E-state index in [1.165, 1.54) is 24.3 Å². The van der Waals surface area contributed by atoms with Crippen LogP contribution in [0, 0.1) is 0 Å². The molecule has 1 saturated heterocycles. The van der Waals surface area contributed by atoms with Gasteiger partial charge in [-0.3, -0.25) is 0 Å². The van der Waals surface area contributed by atoms with E-state index in [9.17, 15) is 24.6 Å². The molecule has 0 aliphatic carbocycles. The fraction of sp³-hybridized carbons (Fsp3) is 0.222. The second-order valence-electron chi connectivity index (χ2n) is 8.00. The number of esters is 3. The van der Waals surface area contributed by atoms with Crippen LogP contribution in [-0.2, 0) is 18.9 Å². The van der Waals surface area contributed by atoms with Crippen LogP contribution in [0.5, 0.6) is 0 Å². The van der Waals surface area contributed by atoms with Crippen LogP contribution in [0.2, 0.25) is 0 Å². The minimum absolute atomic E-state index is 0.188. The molecule has 3 aromatic rings. The van der Waals surface area contributed by atoms with Gasteiger partial charge in [0, 0.05) is 0 Å². The maximum absolute atomic E-state index is 12.6. The largest absolute Gasteiger partial charge is 0.459 e. The van der Waals surface area contributed by atoms with Gasteiger partial charge in [-0.25, -0.2) is 14.4 Å². The van der Waals surface area contributed by atoms with Crippen molar-refractivity contribution in [2.24, 2.45) is 0 Å². The molecule has 1 aliphatic rings. The smallest absolute Gasteiger partial charge is 0.340 e. The van der Waals surface area contributed by atoms with Crippen LogP contribution in [0.25, 0.3) is 0 Å². The molecule has 0 aromatic heterocycles. The van der Waals surface area contributed by atoms with E-state index in [1.807, 2.05) is 0 Å². The molecule has 0 saturated carbocycles. The SMILES string of the molecule is O=C(OC[C@H]1O[C@@H](OC(=O)c2ccccc2)[C@H](O)[C@@H](OC(=O)c2ccccc2)[C@@H]1O)c1ccccc1. The molecule has 0 amide bonds. The van der Waals surface area contributed by atoms with Gasteiger partial charge in [-0.05, 0) is 36.4 Å². The van der Waals surface area contributed by atoms with Gasteiger partial charge in [-0.15, -0.1) is 0 Å². The van der Waals surface area contributed by atoms with E-state index in [1.54, 1.807) is 66.7 Å². The van der Waals surface area contributed by atoms with E-state index < -0.39 is 55.2 Å². The van der Waals surface area contributed by atoms with Crippen molar-refractivity contribution in [3.63, 3.8) is 0 Å². The molecule has 36 heavy (non-hydrogen) atoms. The zero-order valence-corrected chi connectivity index (χ0v) is 19.0. The third-order valence-electron chi connectivity index (χ3n) is 5.52. The van der Waals surface area contributed by atoms with Crippen molar-refractivity contribution in [1.29, 1.82) is 0 Å². The Labute approximate surface area is 206 Å². The Hall–Kier alpha value is -4.05. The number of carbonyl (C=O) groups excluding carboxylic acids is 3. The van der Waals surface area contributed by atoms with Gasteiger partial charge in [0.15, 0.2) is 12.2 Å². The standard InChI is InChI=1S/C27H24O9/c28-21-20(16-33-24(30)17-10-4-1-5-11-17)34-27(36-26(32)19-14-8-3-9-15-19)22(29)23(21)35-25(31)18-12-6-2-7-13-18/h1-15,20-23,27-29H,16H2/t20-,21-,22-,23+,27+/m1/s1. The van der Waals surface area contributed by atoms with Crippen molar-refractivity contribution in [1.82, 2.24) is 0 Å². The van der Waals surface area contributed by atoms with E-state index in [0.717, 1.165) is 0 Å². The van der Waals surface area contributed by atoms with Crippen molar-refractivity contribution in [2.45, 2.75) is 30.7 Å². The van der Waals surface area contributed by atoms with Crippen LogP contribution in [0.4, 0.5) is 0 Å². The van der Waals surface area contributed by atoms with Crippen molar-refractivity contribution >= 4 is 17.9 Å². The maximum atomic E-state index is 12.6. The third-order valence-corrected chi connectivity index (χ3v) is 5.52. The average Bonchev–Trinajstić information content (AvgIpc) is 2.93. The summed E-state index contributed by atoms with van der Waals surface area (Å²) in [6.07, 6.45) is -7.75. The number of carbonyl (C=O) groups is 3. The molecular weight excluding hydrogens is 468 g/mol. The maximum Gasteiger partial charge on any atom is 0.340 e. The highest BCUT2D eigenvalue weighted by atomic mass is 16.7. The first kappa shape index (κ1) is 25.1. The number of benzene rings is 3. The molecule has 3 aromatic carbocycles. The van der Waals surface area contributed by atoms with Crippen LogP contribution in [0.3, 0.4) is 0 Å². The molecule has 0 spiro atoms. The lowest BCUT2D eigenvalue weighted by Crippen LogP contribution is -2.61. The minimum atomic E-state index is -1.72. The third kappa shape index (κ3) is 5.95. The lowest BCUT2D eigenvalue weighted by atomic mass is 9.98. The molecule has 5 atom stereocenters. The molecule has 0 radical (unpaired) electrons. The first-order valence-electron chi connectivity index (χ1n) is 11.2. The molecule has 9 nitrogen and oxygen atoms in total. The predicted octanol–water partition coefficient (Wildman–Crippen LogP) is 2.37. The average molecular weight is 492 g/mol. The normalized spacial score (nSPS) is 23.3. The van der Waals surface area contributed by atoms with Crippen molar-refractivity contribution in [2.75, 3.05) is 6.61 Å². The molecule has 9 heteroatoms. The number of ether oxygens (including phenoxy) is 4. The Balaban J connectivity index is 1.51. The molecule has 186 valence electrons. The quantitative estimate of drug-likeness (QED) is 0.377. The summed E-state index contributed by atoms with van der Waals surface area (Å²) in [4.78, 5) is 37.6. The first-order valence-corrected chi connectivity index (χ1v) is 11.2. The topological polar surface area (TPSA) is 129 Å². The summed E-state index contributed by atoms with van der Waals surface area (Å²) in [6.45, 7) is -0.458. The van der Waals surface area contributed by atoms with Crippen LogP contribution in [0.1, 0.15) is 31.1 Å². The summed E-state index contributed by atoms with van der Waals surface area (Å²) in [6, 6.07) is 24.2. The number of aliphatic hydroxyl groups excluding tert-OH is 2. The lowest BCUT2D eigenvalue weighted by molar-refractivity contribution is -0.284. The van der Waals surface area contributed by atoms with E-state index >= 15 is 0 Å². The van der Waals surface area contributed by atoms with E-state index in [4.69, 9.17) is 18.9 Å². The highest BCUT2D eigenvalue weighted by Gasteiger charge is 2.49. The minimum Gasteiger partial charge on any atom is -0.459 e. The number of rotatable bonds is 7. The Morgan fingerprint density at radius 1 is 0.639 bits per heavy atom. The van der Waals surface area contributed by atoms with Gasteiger partial charge >= 0.3 is 17.9 Å². The molecule has 0 unspecified atom stereocenters. The zero-order valence-electron chi connectivity index (χ0n) is 19.0. The summed E-state index contributed by atoms with van der Waals surface area (Å²) in [5.74, 6) is -2.29. The van der Waals surface area contributed by atoms with Crippen LogP contribution in [0.15, 0.2) is 91.0 Å². The highest BCUT2D eigenvalue weighted by Crippen LogP contribution is 2.27. The van der Waals surface area contributed by atoms with Crippen molar-refractivity contribution < 1.29 is 43.5 Å². The van der Waals surface area contributed by atoms with Gasteiger partial charge in [0.1, 0.15) is 18.8 Å². The molecule has 1 heterocycles. The fourth-order valence-electron chi connectivity index (χ4n) is 3.61. The van der Waals surface area contributed by atoms with Crippen LogP contribution >= 0.6 is 0 Å². The number of aliphatic hydroxyl groups is 2. The Morgan fingerprint density at radius 3 is 1.58 bits per heavy atom. The summed E-state index contributed by atoms with van der Waals surface area (Å²) in [7, 11) is 0. The fourth-order valence-corrected chi connectivity index (χ4v) is 3.61. The number of hydrogen-bond donors (Lipinski definition) is 2. The monoisotopic (exact) mass is 492 g/mol.